The number of hydrogen-bond donors (Lipinski definition) is 1. The lowest BCUT2D eigenvalue weighted by molar-refractivity contribution is -0.182. The van der Waals surface area contributed by atoms with E-state index in [0.29, 0.717) is 5.69 Å². The Kier molecular flexibility index (Phi) is 5.44. The molecule has 2 aromatic rings. The number of amides is 1. The Morgan fingerprint density at radius 3 is 2.74 bits per heavy atom. The maximum absolute atomic E-state index is 12.8. The van der Waals surface area contributed by atoms with Gasteiger partial charge in [0.25, 0.3) is 6.43 Å². The van der Waals surface area contributed by atoms with Gasteiger partial charge >= 0.3 is 6.18 Å². The fourth-order valence-corrected chi connectivity index (χ4v) is 2.48. The van der Waals surface area contributed by atoms with Crippen molar-refractivity contribution in [2.24, 2.45) is 0 Å². The summed E-state index contributed by atoms with van der Waals surface area (Å²) in [5, 5.41) is 10.0. The standard InChI is InChI=1S/C15H16F5N5O2/c16-14(17)11-3-12(9-1-2-9)25(23-11)6-13(26)22-10-4-21-24(5-10)8-27-7-15(18,19)20/h3-5,9,14H,1-2,6-8H2,(H,22,26). The van der Waals surface area contributed by atoms with E-state index in [-0.39, 0.29) is 23.8 Å². The van der Waals surface area contributed by atoms with Crippen LogP contribution in [0.25, 0.3) is 0 Å². The molecule has 1 fully saturated rings. The number of halogens is 5. The molecule has 1 aliphatic rings. The number of carbonyl (C=O) groups is 1. The molecule has 0 aliphatic heterocycles. The molecule has 7 nitrogen and oxygen atoms in total. The topological polar surface area (TPSA) is 74.0 Å². The molecule has 0 radical (unpaired) electrons. The molecule has 148 valence electrons. The minimum atomic E-state index is -4.44. The minimum Gasteiger partial charge on any atom is -0.350 e. The molecule has 2 heterocycles. The van der Waals surface area contributed by atoms with E-state index in [4.69, 9.17) is 0 Å². The molecule has 27 heavy (non-hydrogen) atoms. The predicted molar refractivity (Wildman–Crippen MR) is 82.0 cm³/mol. The number of carbonyl (C=O) groups excluding carboxylic acids is 1. The van der Waals surface area contributed by atoms with Gasteiger partial charge in [-0.15, -0.1) is 0 Å². The number of ether oxygens (including phenoxy) is 1. The van der Waals surface area contributed by atoms with Gasteiger partial charge in [-0.3, -0.25) is 9.48 Å². The second-order valence-corrected chi connectivity index (χ2v) is 6.14. The number of aromatic nitrogens is 4. The van der Waals surface area contributed by atoms with Crippen LogP contribution in [0.2, 0.25) is 0 Å². The Bertz CT molecular complexity index is 797. The maximum atomic E-state index is 12.8. The summed E-state index contributed by atoms with van der Waals surface area (Å²) in [7, 11) is 0. The van der Waals surface area contributed by atoms with E-state index in [9.17, 15) is 26.7 Å². The number of hydrogen-bond acceptors (Lipinski definition) is 4. The Labute approximate surface area is 150 Å². The first-order valence-electron chi connectivity index (χ1n) is 8.04. The van der Waals surface area contributed by atoms with Gasteiger partial charge in [0.2, 0.25) is 5.91 Å². The first kappa shape index (κ1) is 19.3. The van der Waals surface area contributed by atoms with Crippen molar-refractivity contribution in [3.63, 3.8) is 0 Å². The third-order valence-corrected chi connectivity index (χ3v) is 3.75. The molecule has 0 aromatic carbocycles. The van der Waals surface area contributed by atoms with Crippen LogP contribution < -0.4 is 5.32 Å². The van der Waals surface area contributed by atoms with Gasteiger partial charge in [-0.25, -0.2) is 13.5 Å². The van der Waals surface area contributed by atoms with Crippen molar-refractivity contribution in [1.82, 2.24) is 19.6 Å². The normalized spacial score (nSPS) is 14.7. The lowest BCUT2D eigenvalue weighted by Crippen LogP contribution is -2.20. The molecule has 1 amide bonds. The molecule has 0 spiro atoms. The average Bonchev–Trinajstić information content (AvgIpc) is 3.16. The smallest absolute Gasteiger partial charge is 0.350 e. The van der Waals surface area contributed by atoms with Crippen LogP contribution in [0.15, 0.2) is 18.5 Å². The molecule has 12 heteroatoms. The Morgan fingerprint density at radius 1 is 1.37 bits per heavy atom. The third kappa shape index (κ3) is 5.49. The summed E-state index contributed by atoms with van der Waals surface area (Å²) in [6, 6.07) is 1.31. The third-order valence-electron chi connectivity index (χ3n) is 3.75. The van der Waals surface area contributed by atoms with Crippen molar-refractivity contribution in [2.45, 2.75) is 44.6 Å². The van der Waals surface area contributed by atoms with Crippen LogP contribution in [0, 0.1) is 0 Å². The summed E-state index contributed by atoms with van der Waals surface area (Å²) in [6.45, 7) is -2.10. The highest BCUT2D eigenvalue weighted by Gasteiger charge is 2.30. The second-order valence-electron chi connectivity index (χ2n) is 6.14. The maximum Gasteiger partial charge on any atom is 0.411 e. The molecule has 0 saturated heterocycles. The summed E-state index contributed by atoms with van der Waals surface area (Å²) in [4.78, 5) is 12.1. The zero-order valence-corrected chi connectivity index (χ0v) is 13.9. The first-order valence-corrected chi connectivity index (χ1v) is 8.04. The molecule has 2 aromatic heterocycles. The molecule has 0 unspecified atom stereocenters. The lowest BCUT2D eigenvalue weighted by Gasteiger charge is -2.07. The predicted octanol–water partition coefficient (Wildman–Crippen LogP) is 3.07. The van der Waals surface area contributed by atoms with Gasteiger partial charge in [0.1, 0.15) is 25.6 Å². The van der Waals surface area contributed by atoms with E-state index >= 15 is 0 Å². The number of rotatable bonds is 8. The van der Waals surface area contributed by atoms with Gasteiger partial charge in [-0.2, -0.15) is 23.4 Å². The zero-order chi connectivity index (χ0) is 19.6. The minimum absolute atomic E-state index is 0.131. The highest BCUT2D eigenvalue weighted by Crippen LogP contribution is 2.41. The fraction of sp³-hybridized carbons (Fsp3) is 0.533. The summed E-state index contributed by atoms with van der Waals surface area (Å²) in [5.41, 5.74) is 0.459. The fourth-order valence-electron chi connectivity index (χ4n) is 2.48. The van der Waals surface area contributed by atoms with Crippen LogP contribution in [0.1, 0.15) is 36.6 Å². The van der Waals surface area contributed by atoms with Crippen molar-refractivity contribution >= 4 is 11.6 Å². The molecule has 1 aliphatic carbocycles. The summed E-state index contributed by atoms with van der Waals surface area (Å²) in [6.07, 6.45) is -2.90. The summed E-state index contributed by atoms with van der Waals surface area (Å²) in [5.74, 6) is -0.386. The van der Waals surface area contributed by atoms with Crippen LogP contribution >= 0.6 is 0 Å². The molecule has 3 rings (SSSR count). The van der Waals surface area contributed by atoms with E-state index in [1.165, 1.54) is 23.1 Å². The molecule has 1 saturated carbocycles. The van der Waals surface area contributed by atoms with Crippen LogP contribution in [-0.2, 0) is 22.8 Å². The van der Waals surface area contributed by atoms with Crippen LogP contribution in [0.3, 0.4) is 0 Å². The second kappa shape index (κ2) is 7.62. The van der Waals surface area contributed by atoms with E-state index in [1.807, 2.05) is 0 Å². The van der Waals surface area contributed by atoms with Crippen molar-refractivity contribution < 1.29 is 31.5 Å². The van der Waals surface area contributed by atoms with Gasteiger partial charge in [-0.1, -0.05) is 0 Å². The van der Waals surface area contributed by atoms with E-state index in [2.05, 4.69) is 20.3 Å². The van der Waals surface area contributed by atoms with Crippen molar-refractivity contribution in [1.29, 1.82) is 0 Å². The quantitative estimate of drug-likeness (QED) is 0.700. The first-order chi connectivity index (χ1) is 12.7. The Morgan fingerprint density at radius 2 is 2.11 bits per heavy atom. The average molecular weight is 393 g/mol. The molecule has 1 N–H and O–H groups in total. The van der Waals surface area contributed by atoms with Crippen LogP contribution in [-0.4, -0.2) is 38.3 Å². The van der Waals surface area contributed by atoms with Crippen molar-refractivity contribution in [3.8, 4) is 0 Å². The SMILES string of the molecule is O=C(Cn1nc(C(F)F)cc1C1CC1)Nc1cnn(COCC(F)(F)F)c1. The number of anilines is 1. The van der Waals surface area contributed by atoms with E-state index < -0.39 is 31.8 Å². The largest absolute Gasteiger partial charge is 0.411 e. The lowest BCUT2D eigenvalue weighted by atomic mass is 10.2. The van der Waals surface area contributed by atoms with Gasteiger partial charge in [0, 0.05) is 11.6 Å². The monoisotopic (exact) mass is 393 g/mol. The summed E-state index contributed by atoms with van der Waals surface area (Å²) >= 11 is 0. The molecule has 0 atom stereocenters. The van der Waals surface area contributed by atoms with Gasteiger partial charge < -0.3 is 10.1 Å². The number of nitrogens with zero attached hydrogens (tertiary/aromatic N) is 4. The Balaban J connectivity index is 1.55. The molecule has 0 bridgehead atoms. The van der Waals surface area contributed by atoms with Crippen LogP contribution in [0.4, 0.5) is 27.6 Å². The highest BCUT2D eigenvalue weighted by atomic mass is 19.4. The summed E-state index contributed by atoms with van der Waals surface area (Å²) < 4.78 is 68.5. The Hall–Kier alpha value is -2.50. The number of nitrogens with one attached hydrogen (secondary N) is 1. The van der Waals surface area contributed by atoms with Crippen molar-refractivity contribution in [2.75, 3.05) is 11.9 Å². The van der Waals surface area contributed by atoms with Crippen molar-refractivity contribution in [3.05, 3.63) is 29.8 Å². The van der Waals surface area contributed by atoms with E-state index in [0.717, 1.165) is 17.5 Å². The number of alkyl halides is 5. The molecular weight excluding hydrogens is 377 g/mol. The van der Waals surface area contributed by atoms with E-state index in [1.54, 1.807) is 0 Å². The molecular formula is C15H16F5N5O2. The highest BCUT2D eigenvalue weighted by molar-refractivity contribution is 5.90. The zero-order valence-electron chi connectivity index (χ0n) is 13.9. The van der Waals surface area contributed by atoms with Gasteiger partial charge in [-0.05, 0) is 18.9 Å². The van der Waals surface area contributed by atoms with Gasteiger partial charge in [0.15, 0.2) is 0 Å². The van der Waals surface area contributed by atoms with Gasteiger partial charge in [0.05, 0.1) is 18.1 Å². The van der Waals surface area contributed by atoms with Crippen LogP contribution in [0.5, 0.6) is 0 Å².